The molecule has 0 aliphatic rings. The molecule has 0 unspecified atom stereocenters. The summed E-state index contributed by atoms with van der Waals surface area (Å²) >= 11 is 0. The number of carbonyl (C=O) groups is 1. The first kappa shape index (κ1) is 18.6. The van der Waals surface area contributed by atoms with E-state index in [-0.39, 0.29) is 6.54 Å². The van der Waals surface area contributed by atoms with Crippen molar-refractivity contribution in [3.63, 3.8) is 0 Å². The third-order valence-electron chi connectivity index (χ3n) is 2.87. The Balaban J connectivity index is 2.98. The third kappa shape index (κ3) is 5.69. The van der Waals surface area contributed by atoms with E-state index < -0.39 is 18.6 Å². The molecule has 7 heteroatoms. The van der Waals surface area contributed by atoms with E-state index >= 15 is 0 Å². The van der Waals surface area contributed by atoms with E-state index in [1.807, 2.05) is 0 Å². The Kier molecular flexibility index (Phi) is 6.68. The molecule has 126 valence electrons. The number of methoxy groups -OCH3 is 2. The number of rotatable bonds is 7. The number of ether oxygens (including phenoxy) is 2. The molecule has 0 aromatic heterocycles. The molecule has 0 aliphatic carbocycles. The average Bonchev–Trinajstić information content (AvgIpc) is 2.50. The molecule has 0 N–H and O–H groups in total. The third-order valence-corrected chi connectivity index (χ3v) is 2.87. The smallest absolute Gasteiger partial charge is 0.406 e. The quantitative estimate of drug-likeness (QED) is 0.569. The summed E-state index contributed by atoms with van der Waals surface area (Å²) in [6, 6.07) is 5.02. The summed E-state index contributed by atoms with van der Waals surface area (Å²) in [5.41, 5.74) is 0.519. The van der Waals surface area contributed by atoms with E-state index in [0.29, 0.717) is 22.0 Å². The molecule has 0 fully saturated rings. The molecule has 0 atom stereocenters. The number of hydrogen-bond acceptors (Lipinski definition) is 3. The highest BCUT2D eigenvalue weighted by Gasteiger charge is 2.31. The summed E-state index contributed by atoms with van der Waals surface area (Å²) < 4.78 is 47.8. The van der Waals surface area contributed by atoms with Gasteiger partial charge in [-0.25, -0.2) is 0 Å². The van der Waals surface area contributed by atoms with Crippen LogP contribution in [0.4, 0.5) is 13.2 Å². The van der Waals surface area contributed by atoms with Crippen molar-refractivity contribution in [3.8, 4) is 11.5 Å². The fraction of sp³-hybridized carbons (Fsp3) is 0.312. The van der Waals surface area contributed by atoms with Gasteiger partial charge in [0.15, 0.2) is 11.5 Å². The predicted octanol–water partition coefficient (Wildman–Crippen LogP) is 3.29. The molecule has 0 bridgehead atoms. The molecule has 0 saturated carbocycles. The van der Waals surface area contributed by atoms with Crippen LogP contribution in [0.1, 0.15) is 5.56 Å². The Morgan fingerprint density at radius 3 is 2.52 bits per heavy atom. The van der Waals surface area contributed by atoms with Crippen LogP contribution < -0.4 is 9.47 Å². The maximum Gasteiger partial charge on any atom is 0.406 e. The summed E-state index contributed by atoms with van der Waals surface area (Å²) in [6.45, 7) is 1.83. The molecule has 0 spiro atoms. The van der Waals surface area contributed by atoms with Crippen molar-refractivity contribution in [2.24, 2.45) is 0 Å². The van der Waals surface area contributed by atoms with Gasteiger partial charge in [0, 0.05) is 18.2 Å². The molecule has 0 aliphatic heterocycles. The normalized spacial score (nSPS) is 11.3. The number of alkyl halides is 3. The van der Waals surface area contributed by atoms with Crippen LogP contribution in [0, 0.1) is 0 Å². The topological polar surface area (TPSA) is 38.8 Å². The second kappa shape index (κ2) is 8.26. The van der Waals surface area contributed by atoms with Gasteiger partial charge in [-0.1, -0.05) is 18.2 Å². The molecule has 0 heterocycles. The maximum absolute atomic E-state index is 12.5. The number of carbonyl (C=O) groups excluding carboxylic acids is 1. The van der Waals surface area contributed by atoms with Gasteiger partial charge in [0.05, 0.1) is 14.2 Å². The van der Waals surface area contributed by atoms with Gasteiger partial charge in [-0.05, 0) is 12.1 Å². The lowest BCUT2D eigenvalue weighted by Crippen LogP contribution is -2.38. The van der Waals surface area contributed by atoms with Gasteiger partial charge in [-0.15, -0.1) is 6.58 Å². The molecule has 23 heavy (non-hydrogen) atoms. The molecule has 1 aromatic carbocycles. The molecule has 1 aromatic rings. The van der Waals surface area contributed by atoms with Crippen molar-refractivity contribution in [2.75, 3.05) is 27.3 Å². The summed E-state index contributed by atoms with van der Waals surface area (Å²) in [4.78, 5) is 12.6. The maximum atomic E-state index is 12.5. The van der Waals surface area contributed by atoms with Gasteiger partial charge in [0.25, 0.3) is 0 Å². The van der Waals surface area contributed by atoms with Crippen LogP contribution in [-0.4, -0.2) is 44.3 Å². The van der Waals surface area contributed by atoms with E-state index in [1.165, 1.54) is 26.4 Å². The van der Waals surface area contributed by atoms with Crippen LogP contribution in [0.15, 0.2) is 36.9 Å². The first-order valence-corrected chi connectivity index (χ1v) is 6.68. The van der Waals surface area contributed by atoms with Crippen molar-refractivity contribution < 1.29 is 27.4 Å². The van der Waals surface area contributed by atoms with Crippen molar-refractivity contribution in [1.82, 2.24) is 4.90 Å². The number of para-hydroxylation sites is 1. The summed E-state index contributed by atoms with van der Waals surface area (Å²) in [5.74, 6) is 0.0811. The van der Waals surface area contributed by atoms with Crippen molar-refractivity contribution in [2.45, 2.75) is 6.18 Å². The minimum absolute atomic E-state index is 0.196. The van der Waals surface area contributed by atoms with E-state index in [9.17, 15) is 18.0 Å². The monoisotopic (exact) mass is 329 g/mol. The minimum atomic E-state index is -4.47. The van der Waals surface area contributed by atoms with Crippen LogP contribution in [0.2, 0.25) is 0 Å². The van der Waals surface area contributed by atoms with Crippen LogP contribution in [0.3, 0.4) is 0 Å². The van der Waals surface area contributed by atoms with E-state index in [2.05, 4.69) is 6.58 Å². The highest BCUT2D eigenvalue weighted by molar-refractivity contribution is 5.92. The Morgan fingerprint density at radius 1 is 1.30 bits per heavy atom. The fourth-order valence-electron chi connectivity index (χ4n) is 1.91. The first-order valence-electron chi connectivity index (χ1n) is 6.68. The largest absolute Gasteiger partial charge is 0.493 e. The van der Waals surface area contributed by atoms with E-state index in [1.54, 1.807) is 18.2 Å². The van der Waals surface area contributed by atoms with Crippen LogP contribution in [-0.2, 0) is 4.79 Å². The highest BCUT2D eigenvalue weighted by atomic mass is 19.4. The zero-order valence-corrected chi connectivity index (χ0v) is 12.9. The van der Waals surface area contributed by atoms with Crippen molar-refractivity contribution in [1.29, 1.82) is 0 Å². The van der Waals surface area contributed by atoms with Crippen LogP contribution >= 0.6 is 0 Å². The minimum Gasteiger partial charge on any atom is -0.493 e. The number of halogens is 3. The van der Waals surface area contributed by atoms with Crippen molar-refractivity contribution >= 4 is 12.0 Å². The summed E-state index contributed by atoms with van der Waals surface area (Å²) in [6.07, 6.45) is -0.785. The SMILES string of the molecule is C=CCN(CC(F)(F)F)C(=O)/C=C\c1cccc(OC)c1OC. The predicted molar refractivity (Wildman–Crippen MR) is 81.4 cm³/mol. The fourth-order valence-corrected chi connectivity index (χ4v) is 1.91. The number of hydrogen-bond donors (Lipinski definition) is 0. The van der Waals surface area contributed by atoms with Gasteiger partial charge in [-0.2, -0.15) is 13.2 Å². The van der Waals surface area contributed by atoms with Crippen LogP contribution in [0.5, 0.6) is 11.5 Å². The molecular weight excluding hydrogens is 311 g/mol. The van der Waals surface area contributed by atoms with Crippen LogP contribution in [0.25, 0.3) is 6.08 Å². The number of benzene rings is 1. The average molecular weight is 329 g/mol. The Bertz CT molecular complexity index is 582. The Morgan fingerprint density at radius 2 is 2.00 bits per heavy atom. The van der Waals surface area contributed by atoms with Gasteiger partial charge in [0.2, 0.25) is 5.91 Å². The van der Waals surface area contributed by atoms with E-state index in [0.717, 1.165) is 6.08 Å². The zero-order chi connectivity index (χ0) is 17.5. The molecule has 1 amide bonds. The van der Waals surface area contributed by atoms with Gasteiger partial charge in [0.1, 0.15) is 6.54 Å². The second-order valence-electron chi connectivity index (χ2n) is 4.54. The lowest BCUT2D eigenvalue weighted by molar-refractivity contribution is -0.157. The molecule has 0 saturated heterocycles. The Labute approximate surface area is 132 Å². The number of nitrogens with zero attached hydrogens (tertiary/aromatic N) is 1. The Hall–Kier alpha value is -2.44. The highest BCUT2D eigenvalue weighted by Crippen LogP contribution is 2.31. The summed E-state index contributed by atoms with van der Waals surface area (Å²) in [5, 5.41) is 0. The second-order valence-corrected chi connectivity index (χ2v) is 4.54. The van der Waals surface area contributed by atoms with Gasteiger partial charge >= 0.3 is 6.18 Å². The van der Waals surface area contributed by atoms with Crippen molar-refractivity contribution in [3.05, 3.63) is 42.5 Å². The standard InChI is InChI=1S/C16H18F3NO3/c1-4-10-20(11-16(17,18)19)14(21)9-8-12-6-5-7-13(22-2)15(12)23-3/h4-9H,1,10-11H2,2-3H3/b9-8-. The zero-order valence-electron chi connectivity index (χ0n) is 12.9. The molecule has 4 nitrogen and oxygen atoms in total. The molecule has 1 rings (SSSR count). The van der Waals surface area contributed by atoms with Gasteiger partial charge < -0.3 is 14.4 Å². The van der Waals surface area contributed by atoms with Gasteiger partial charge in [-0.3, -0.25) is 4.79 Å². The molecule has 0 radical (unpaired) electrons. The lowest BCUT2D eigenvalue weighted by Gasteiger charge is -2.21. The summed E-state index contributed by atoms with van der Waals surface area (Å²) in [7, 11) is 2.90. The first-order chi connectivity index (χ1) is 10.8. The lowest BCUT2D eigenvalue weighted by atomic mass is 10.1. The number of amides is 1. The van der Waals surface area contributed by atoms with E-state index in [4.69, 9.17) is 9.47 Å². The molecular formula is C16H18F3NO3.